The van der Waals surface area contributed by atoms with Crippen molar-refractivity contribution in [3.8, 4) is 11.8 Å². The van der Waals surface area contributed by atoms with E-state index < -0.39 is 0 Å². The molecule has 106 valence electrons. The summed E-state index contributed by atoms with van der Waals surface area (Å²) in [6.45, 7) is 2.25. The number of rotatable bonds is 2. The van der Waals surface area contributed by atoms with Crippen molar-refractivity contribution in [2.75, 3.05) is 0 Å². The molecule has 1 heterocycles. The predicted molar refractivity (Wildman–Crippen MR) is 85.6 cm³/mol. The fraction of sp³-hybridized carbons (Fsp3) is 0.294. The molecule has 1 atom stereocenters. The number of para-hydroxylation sites is 1. The van der Waals surface area contributed by atoms with Crippen LogP contribution in [0.4, 0.5) is 5.00 Å². The molecule has 3 nitrogen and oxygen atoms in total. The van der Waals surface area contributed by atoms with Gasteiger partial charge < -0.3 is 5.11 Å². The third-order valence-corrected chi connectivity index (χ3v) is 5.02. The highest BCUT2D eigenvalue weighted by atomic mass is 32.1. The second kappa shape index (κ2) is 5.71. The second-order valence-electron chi connectivity index (χ2n) is 5.46. The van der Waals surface area contributed by atoms with E-state index in [1.807, 2.05) is 6.07 Å². The average molecular weight is 296 g/mol. The van der Waals surface area contributed by atoms with Crippen LogP contribution >= 0.6 is 11.3 Å². The first kappa shape index (κ1) is 13.8. The van der Waals surface area contributed by atoms with Crippen molar-refractivity contribution in [3.05, 3.63) is 45.8 Å². The third-order valence-electron chi connectivity index (χ3n) is 3.86. The Morgan fingerprint density at radius 2 is 2.24 bits per heavy atom. The van der Waals surface area contributed by atoms with E-state index in [1.54, 1.807) is 35.8 Å². The number of hydrogen-bond acceptors (Lipinski definition) is 4. The lowest BCUT2D eigenvalue weighted by Gasteiger charge is -2.17. The lowest BCUT2D eigenvalue weighted by molar-refractivity contribution is 0.474. The molecule has 0 saturated carbocycles. The number of aromatic hydroxyl groups is 1. The van der Waals surface area contributed by atoms with Crippen LogP contribution in [0, 0.1) is 17.2 Å². The summed E-state index contributed by atoms with van der Waals surface area (Å²) >= 11 is 1.61. The highest BCUT2D eigenvalue weighted by molar-refractivity contribution is 7.16. The zero-order valence-corrected chi connectivity index (χ0v) is 12.7. The molecule has 0 amide bonds. The van der Waals surface area contributed by atoms with Crippen LogP contribution in [0.25, 0.3) is 0 Å². The molecule has 4 heteroatoms. The van der Waals surface area contributed by atoms with Crippen molar-refractivity contribution in [3.63, 3.8) is 0 Å². The molecule has 0 saturated heterocycles. The Kier molecular flexibility index (Phi) is 3.76. The number of phenols is 1. The molecule has 1 aromatic carbocycles. The summed E-state index contributed by atoms with van der Waals surface area (Å²) in [5, 5.41) is 19.9. The Morgan fingerprint density at radius 1 is 1.43 bits per heavy atom. The van der Waals surface area contributed by atoms with Crippen LogP contribution in [-0.2, 0) is 12.8 Å². The molecule has 3 rings (SSSR count). The quantitative estimate of drug-likeness (QED) is 0.844. The number of nitriles is 1. The number of hydrogen-bond donors (Lipinski definition) is 1. The summed E-state index contributed by atoms with van der Waals surface area (Å²) in [6.07, 6.45) is 4.79. The molecular weight excluding hydrogens is 280 g/mol. The van der Waals surface area contributed by atoms with Gasteiger partial charge in [0.2, 0.25) is 0 Å². The van der Waals surface area contributed by atoms with Gasteiger partial charge in [-0.15, -0.1) is 11.3 Å². The Hall–Kier alpha value is -2.12. The van der Waals surface area contributed by atoms with Gasteiger partial charge in [0.1, 0.15) is 16.8 Å². The molecule has 0 bridgehead atoms. The van der Waals surface area contributed by atoms with Gasteiger partial charge in [-0.1, -0.05) is 19.1 Å². The van der Waals surface area contributed by atoms with Crippen LogP contribution < -0.4 is 0 Å². The van der Waals surface area contributed by atoms with E-state index in [4.69, 9.17) is 0 Å². The van der Waals surface area contributed by atoms with Gasteiger partial charge in [-0.2, -0.15) is 5.26 Å². The maximum Gasteiger partial charge on any atom is 0.134 e. The van der Waals surface area contributed by atoms with Crippen molar-refractivity contribution >= 4 is 22.6 Å². The monoisotopic (exact) mass is 296 g/mol. The average Bonchev–Trinajstić information content (AvgIpc) is 2.82. The summed E-state index contributed by atoms with van der Waals surface area (Å²) in [4.78, 5) is 5.75. The molecule has 21 heavy (non-hydrogen) atoms. The van der Waals surface area contributed by atoms with Gasteiger partial charge >= 0.3 is 0 Å². The van der Waals surface area contributed by atoms with Crippen molar-refractivity contribution in [1.82, 2.24) is 0 Å². The van der Waals surface area contributed by atoms with E-state index in [-0.39, 0.29) is 5.75 Å². The number of thiophene rings is 1. The van der Waals surface area contributed by atoms with Crippen LogP contribution in [0.2, 0.25) is 0 Å². The van der Waals surface area contributed by atoms with E-state index in [0.29, 0.717) is 17.0 Å². The van der Waals surface area contributed by atoms with E-state index in [1.165, 1.54) is 10.4 Å². The largest absolute Gasteiger partial charge is 0.507 e. The highest BCUT2D eigenvalue weighted by Gasteiger charge is 2.23. The predicted octanol–water partition coefficient (Wildman–Crippen LogP) is 4.20. The number of phenolic OH excluding ortho intramolecular Hbond substituents is 1. The molecule has 1 N–H and O–H groups in total. The van der Waals surface area contributed by atoms with Gasteiger partial charge in [0.05, 0.1) is 5.56 Å². The maximum atomic E-state index is 9.76. The summed E-state index contributed by atoms with van der Waals surface area (Å²) < 4.78 is 0. The summed E-state index contributed by atoms with van der Waals surface area (Å²) in [7, 11) is 0. The molecule has 0 fully saturated rings. The number of benzene rings is 1. The normalized spacial score (nSPS) is 17.6. The van der Waals surface area contributed by atoms with Crippen LogP contribution in [0.1, 0.15) is 34.9 Å². The molecule has 0 radical (unpaired) electrons. The SMILES string of the molecule is C[C@@H]1CCc2c(sc(/N=C/c3ccccc3O)c2C#N)C1. The minimum absolute atomic E-state index is 0.203. The zero-order valence-electron chi connectivity index (χ0n) is 11.8. The molecular formula is C17H16N2OS. The number of aliphatic imine (C=N–C) groups is 1. The van der Waals surface area contributed by atoms with Crippen molar-refractivity contribution in [2.45, 2.75) is 26.2 Å². The Morgan fingerprint density at radius 3 is 3.00 bits per heavy atom. The minimum Gasteiger partial charge on any atom is -0.507 e. The molecule has 1 aliphatic rings. The van der Waals surface area contributed by atoms with Crippen molar-refractivity contribution < 1.29 is 5.11 Å². The Bertz CT molecular complexity index is 740. The van der Waals surface area contributed by atoms with E-state index in [0.717, 1.165) is 24.3 Å². The van der Waals surface area contributed by atoms with Gasteiger partial charge in [0, 0.05) is 16.7 Å². The van der Waals surface area contributed by atoms with Gasteiger partial charge in [-0.3, -0.25) is 0 Å². The summed E-state index contributed by atoms with van der Waals surface area (Å²) in [5.41, 5.74) is 2.57. The zero-order chi connectivity index (χ0) is 14.8. The first-order valence-corrected chi connectivity index (χ1v) is 7.87. The first-order valence-electron chi connectivity index (χ1n) is 7.05. The molecule has 0 unspecified atom stereocenters. The standard InChI is InChI=1S/C17H16N2OS/c1-11-6-7-13-14(9-18)17(21-16(13)8-11)19-10-12-4-2-3-5-15(12)20/h2-5,10-11,20H,6-8H2,1H3/b19-10+/t11-/m1/s1. The van der Waals surface area contributed by atoms with E-state index in [2.05, 4.69) is 18.0 Å². The molecule has 0 spiro atoms. The fourth-order valence-corrected chi connectivity index (χ4v) is 3.97. The topological polar surface area (TPSA) is 56.4 Å². The molecule has 0 aliphatic heterocycles. The van der Waals surface area contributed by atoms with Crippen LogP contribution in [0.3, 0.4) is 0 Å². The lowest BCUT2D eigenvalue weighted by Crippen LogP contribution is -2.09. The Balaban J connectivity index is 1.97. The molecule has 2 aromatic rings. The van der Waals surface area contributed by atoms with Gasteiger partial charge in [-0.25, -0.2) is 4.99 Å². The maximum absolute atomic E-state index is 9.76. The number of fused-ring (bicyclic) bond motifs is 1. The highest BCUT2D eigenvalue weighted by Crippen LogP contribution is 2.40. The van der Waals surface area contributed by atoms with Gasteiger partial charge in [0.15, 0.2) is 0 Å². The fourth-order valence-electron chi connectivity index (χ4n) is 2.67. The number of nitrogens with zero attached hydrogens (tertiary/aromatic N) is 2. The first-order chi connectivity index (χ1) is 10.2. The summed E-state index contributed by atoms with van der Waals surface area (Å²) in [6, 6.07) is 9.37. The summed E-state index contributed by atoms with van der Waals surface area (Å²) in [5.74, 6) is 0.882. The minimum atomic E-state index is 0.203. The lowest BCUT2D eigenvalue weighted by atomic mass is 9.89. The van der Waals surface area contributed by atoms with Crippen molar-refractivity contribution in [1.29, 1.82) is 5.26 Å². The van der Waals surface area contributed by atoms with E-state index >= 15 is 0 Å². The van der Waals surface area contributed by atoms with Crippen LogP contribution in [0.5, 0.6) is 5.75 Å². The molecule has 1 aromatic heterocycles. The van der Waals surface area contributed by atoms with Crippen LogP contribution in [0.15, 0.2) is 29.3 Å². The van der Waals surface area contributed by atoms with Gasteiger partial charge in [-0.05, 0) is 42.9 Å². The van der Waals surface area contributed by atoms with Crippen LogP contribution in [-0.4, -0.2) is 11.3 Å². The Labute approximate surface area is 128 Å². The molecule has 1 aliphatic carbocycles. The van der Waals surface area contributed by atoms with Gasteiger partial charge in [0.25, 0.3) is 0 Å². The van der Waals surface area contributed by atoms with Crippen molar-refractivity contribution in [2.24, 2.45) is 10.9 Å². The second-order valence-corrected chi connectivity index (χ2v) is 6.54. The smallest absolute Gasteiger partial charge is 0.134 e. The van der Waals surface area contributed by atoms with E-state index in [9.17, 15) is 10.4 Å². The third kappa shape index (κ3) is 2.70.